The van der Waals surface area contributed by atoms with Crippen LogP contribution in [0.5, 0.6) is 11.5 Å². The second-order valence-corrected chi connectivity index (χ2v) is 4.33. The SMILES string of the molecule is CNCc1ccc(Oc2cc(C)ccc2F)c(F)c1. The van der Waals surface area contributed by atoms with Crippen LogP contribution >= 0.6 is 0 Å². The van der Waals surface area contributed by atoms with Crippen LogP contribution in [0, 0.1) is 18.6 Å². The van der Waals surface area contributed by atoms with E-state index in [9.17, 15) is 8.78 Å². The van der Waals surface area contributed by atoms with Crippen LogP contribution in [0.4, 0.5) is 8.78 Å². The van der Waals surface area contributed by atoms with Gasteiger partial charge in [-0.25, -0.2) is 8.78 Å². The van der Waals surface area contributed by atoms with E-state index in [-0.39, 0.29) is 11.5 Å². The molecule has 4 heteroatoms. The second kappa shape index (κ2) is 5.80. The third kappa shape index (κ3) is 3.29. The van der Waals surface area contributed by atoms with Gasteiger partial charge in [-0.3, -0.25) is 0 Å². The lowest BCUT2D eigenvalue weighted by Gasteiger charge is -2.09. The van der Waals surface area contributed by atoms with Gasteiger partial charge in [0, 0.05) is 6.54 Å². The van der Waals surface area contributed by atoms with Crippen molar-refractivity contribution >= 4 is 0 Å². The van der Waals surface area contributed by atoms with Crippen molar-refractivity contribution in [1.82, 2.24) is 5.32 Å². The van der Waals surface area contributed by atoms with Crippen molar-refractivity contribution in [3.8, 4) is 11.5 Å². The molecule has 0 aromatic heterocycles. The van der Waals surface area contributed by atoms with Crippen LogP contribution in [0.15, 0.2) is 36.4 Å². The Kier molecular flexibility index (Phi) is 4.12. The first-order valence-corrected chi connectivity index (χ1v) is 5.97. The van der Waals surface area contributed by atoms with Gasteiger partial charge in [-0.2, -0.15) is 0 Å². The molecule has 0 unspecified atom stereocenters. The van der Waals surface area contributed by atoms with Crippen LogP contribution in [0.3, 0.4) is 0 Å². The second-order valence-electron chi connectivity index (χ2n) is 4.33. The fourth-order valence-corrected chi connectivity index (χ4v) is 1.75. The first-order chi connectivity index (χ1) is 9.10. The van der Waals surface area contributed by atoms with E-state index in [1.54, 1.807) is 19.2 Å². The number of hydrogen-bond donors (Lipinski definition) is 1. The van der Waals surface area contributed by atoms with Gasteiger partial charge in [-0.1, -0.05) is 12.1 Å². The lowest BCUT2D eigenvalue weighted by atomic mass is 10.2. The zero-order valence-corrected chi connectivity index (χ0v) is 10.8. The first kappa shape index (κ1) is 13.5. The van der Waals surface area contributed by atoms with Crippen LogP contribution in [0.25, 0.3) is 0 Å². The highest BCUT2D eigenvalue weighted by Crippen LogP contribution is 2.28. The maximum Gasteiger partial charge on any atom is 0.166 e. The summed E-state index contributed by atoms with van der Waals surface area (Å²) in [4.78, 5) is 0. The molecule has 0 aliphatic rings. The minimum absolute atomic E-state index is 0.0179. The van der Waals surface area contributed by atoms with Crippen molar-refractivity contribution in [2.45, 2.75) is 13.5 Å². The maximum absolute atomic E-state index is 13.8. The fourth-order valence-electron chi connectivity index (χ4n) is 1.75. The Morgan fingerprint density at radius 1 is 1.00 bits per heavy atom. The molecular formula is C15H15F2NO. The van der Waals surface area contributed by atoms with Crippen molar-refractivity contribution in [3.63, 3.8) is 0 Å². The van der Waals surface area contributed by atoms with E-state index < -0.39 is 11.6 Å². The van der Waals surface area contributed by atoms with E-state index in [0.29, 0.717) is 6.54 Å². The molecule has 0 fully saturated rings. The Morgan fingerprint density at radius 2 is 1.79 bits per heavy atom. The molecule has 0 bridgehead atoms. The summed E-state index contributed by atoms with van der Waals surface area (Å²) in [6, 6.07) is 9.09. The van der Waals surface area contributed by atoms with Crippen LogP contribution in [0.1, 0.15) is 11.1 Å². The van der Waals surface area contributed by atoms with Gasteiger partial charge in [-0.05, 0) is 49.4 Å². The van der Waals surface area contributed by atoms with E-state index >= 15 is 0 Å². The molecule has 2 aromatic carbocycles. The predicted molar refractivity (Wildman–Crippen MR) is 70.4 cm³/mol. The van der Waals surface area contributed by atoms with Gasteiger partial charge >= 0.3 is 0 Å². The van der Waals surface area contributed by atoms with E-state index in [4.69, 9.17) is 4.74 Å². The van der Waals surface area contributed by atoms with Crippen LogP contribution in [0.2, 0.25) is 0 Å². The quantitative estimate of drug-likeness (QED) is 0.906. The molecule has 0 aliphatic heterocycles. The van der Waals surface area contributed by atoms with E-state index in [1.165, 1.54) is 24.3 Å². The van der Waals surface area contributed by atoms with Crippen molar-refractivity contribution < 1.29 is 13.5 Å². The number of ether oxygens (including phenoxy) is 1. The smallest absolute Gasteiger partial charge is 0.166 e. The topological polar surface area (TPSA) is 21.3 Å². The van der Waals surface area contributed by atoms with Crippen molar-refractivity contribution in [2.24, 2.45) is 0 Å². The summed E-state index contributed by atoms with van der Waals surface area (Å²) in [6.07, 6.45) is 0. The van der Waals surface area contributed by atoms with Gasteiger partial charge in [-0.15, -0.1) is 0 Å². The minimum Gasteiger partial charge on any atom is -0.451 e. The average molecular weight is 263 g/mol. The number of halogens is 2. The van der Waals surface area contributed by atoms with E-state index in [0.717, 1.165) is 11.1 Å². The molecule has 19 heavy (non-hydrogen) atoms. The zero-order valence-electron chi connectivity index (χ0n) is 10.8. The summed E-state index contributed by atoms with van der Waals surface area (Å²) < 4.78 is 32.6. The molecule has 0 atom stereocenters. The Bertz CT molecular complexity index is 584. The number of hydrogen-bond acceptors (Lipinski definition) is 2. The van der Waals surface area contributed by atoms with Crippen LogP contribution < -0.4 is 10.1 Å². The molecule has 1 N–H and O–H groups in total. The van der Waals surface area contributed by atoms with Gasteiger partial charge < -0.3 is 10.1 Å². The molecule has 2 nitrogen and oxygen atoms in total. The molecular weight excluding hydrogens is 248 g/mol. The van der Waals surface area contributed by atoms with Crippen LogP contribution in [-0.4, -0.2) is 7.05 Å². The molecule has 0 heterocycles. The molecule has 2 rings (SSSR count). The fraction of sp³-hybridized carbons (Fsp3) is 0.200. The summed E-state index contributed by atoms with van der Waals surface area (Å²) in [5, 5.41) is 2.93. The highest BCUT2D eigenvalue weighted by molar-refractivity contribution is 5.36. The van der Waals surface area contributed by atoms with Gasteiger partial charge in [0.2, 0.25) is 0 Å². The Labute approximate surface area is 111 Å². The Morgan fingerprint density at radius 3 is 2.47 bits per heavy atom. The molecule has 0 saturated heterocycles. The standard InChI is InChI=1S/C15H15F2NO/c1-10-3-5-12(16)15(7-10)19-14-6-4-11(9-18-2)8-13(14)17/h3-8,18H,9H2,1-2H3. The minimum atomic E-state index is -0.510. The lowest BCUT2D eigenvalue weighted by Crippen LogP contribution is -2.05. The molecule has 0 spiro atoms. The third-order valence-corrected chi connectivity index (χ3v) is 2.68. The predicted octanol–water partition coefficient (Wildman–Crippen LogP) is 3.78. The highest BCUT2D eigenvalue weighted by atomic mass is 19.1. The number of nitrogens with one attached hydrogen (secondary N) is 1. The lowest BCUT2D eigenvalue weighted by molar-refractivity contribution is 0.414. The van der Waals surface area contributed by atoms with Gasteiger partial charge in [0.05, 0.1) is 0 Å². The summed E-state index contributed by atoms with van der Waals surface area (Å²) in [7, 11) is 1.78. The maximum atomic E-state index is 13.8. The van der Waals surface area contributed by atoms with Crippen LogP contribution in [-0.2, 0) is 6.54 Å². The van der Waals surface area contributed by atoms with Crippen molar-refractivity contribution in [3.05, 3.63) is 59.2 Å². The molecule has 0 amide bonds. The number of benzene rings is 2. The van der Waals surface area contributed by atoms with E-state index in [2.05, 4.69) is 5.32 Å². The molecule has 0 radical (unpaired) electrons. The van der Waals surface area contributed by atoms with Crippen molar-refractivity contribution in [1.29, 1.82) is 0 Å². The summed E-state index contributed by atoms with van der Waals surface area (Å²) in [6.45, 7) is 2.38. The largest absolute Gasteiger partial charge is 0.451 e. The van der Waals surface area contributed by atoms with Gasteiger partial charge in [0.25, 0.3) is 0 Å². The normalized spacial score (nSPS) is 10.5. The first-order valence-electron chi connectivity index (χ1n) is 5.97. The zero-order chi connectivity index (χ0) is 13.8. The number of rotatable bonds is 4. The molecule has 0 aliphatic carbocycles. The van der Waals surface area contributed by atoms with Crippen molar-refractivity contribution in [2.75, 3.05) is 7.05 Å². The van der Waals surface area contributed by atoms with Gasteiger partial charge in [0.1, 0.15) is 0 Å². The monoisotopic (exact) mass is 263 g/mol. The average Bonchev–Trinajstić information content (AvgIpc) is 2.37. The highest BCUT2D eigenvalue weighted by Gasteiger charge is 2.09. The Balaban J connectivity index is 2.25. The molecule has 2 aromatic rings. The number of aryl methyl sites for hydroxylation is 1. The summed E-state index contributed by atoms with van der Waals surface area (Å²) in [5.74, 6) is -0.970. The third-order valence-electron chi connectivity index (χ3n) is 2.68. The molecule has 100 valence electrons. The summed E-state index contributed by atoms with van der Waals surface area (Å²) in [5.41, 5.74) is 1.65. The van der Waals surface area contributed by atoms with Gasteiger partial charge in [0.15, 0.2) is 23.1 Å². The molecule has 0 saturated carbocycles. The van der Waals surface area contributed by atoms with E-state index in [1.807, 2.05) is 6.92 Å². The summed E-state index contributed by atoms with van der Waals surface area (Å²) >= 11 is 0. The Hall–Kier alpha value is -1.94.